The molecule has 0 aliphatic carbocycles. The summed E-state index contributed by atoms with van der Waals surface area (Å²) in [7, 11) is 2.86. The van der Waals surface area contributed by atoms with E-state index in [1.807, 2.05) is 0 Å². The smallest absolute Gasteiger partial charge is 0.0176 e. The van der Waals surface area contributed by atoms with Gasteiger partial charge >= 0.3 is 0 Å². The van der Waals surface area contributed by atoms with Crippen molar-refractivity contribution in [2.24, 2.45) is 5.41 Å². The van der Waals surface area contributed by atoms with Gasteiger partial charge in [-0.1, -0.05) is 123 Å². The van der Waals surface area contributed by atoms with Crippen LogP contribution in [0.1, 0.15) is 61.6 Å². The van der Waals surface area contributed by atoms with Crippen LogP contribution in [-0.4, -0.2) is 6.16 Å². The Morgan fingerprint density at radius 1 is 0.469 bits per heavy atom. The van der Waals surface area contributed by atoms with Gasteiger partial charge in [-0.15, -0.1) is 21.6 Å². The minimum atomic E-state index is 0. The molecule has 3 aromatic rings. The highest BCUT2D eigenvalue weighted by molar-refractivity contribution is 7.16. The average Bonchev–Trinajstić information content (AvgIpc) is 2.80. The highest BCUT2D eigenvalue weighted by Gasteiger charge is 2.30. The van der Waals surface area contributed by atoms with E-state index in [4.69, 9.17) is 0 Å². The lowest BCUT2D eigenvalue weighted by molar-refractivity contribution is 0.243. The van der Waals surface area contributed by atoms with Crippen LogP contribution < -0.4 is 0 Å². The molecule has 0 spiro atoms. The van der Waals surface area contributed by atoms with Crippen LogP contribution in [0.4, 0.5) is 0 Å². The predicted molar refractivity (Wildman–Crippen MR) is 147 cm³/mol. The summed E-state index contributed by atoms with van der Waals surface area (Å²) in [5.74, 6) is 0. The quantitative estimate of drug-likeness (QED) is 0.164. The summed E-state index contributed by atoms with van der Waals surface area (Å²) in [6, 6.07) is 33.4. The molecule has 3 rings (SSSR count). The zero-order valence-electron chi connectivity index (χ0n) is 19.4. The van der Waals surface area contributed by atoms with Crippen LogP contribution in [0.5, 0.6) is 0 Å². The largest absolute Gasteiger partial charge is 0.147 e. The molecule has 0 saturated heterocycles. The average molecular weight is 467 g/mol. The minimum Gasteiger partial charge on any atom is -0.147 e. The summed E-state index contributed by atoms with van der Waals surface area (Å²) in [6.07, 6.45) is 14.1. The van der Waals surface area contributed by atoms with E-state index < -0.39 is 0 Å². The number of rotatable bonds is 14. The summed E-state index contributed by atoms with van der Waals surface area (Å²) in [5.41, 5.74) is 4.66. The van der Waals surface area contributed by atoms with Gasteiger partial charge in [-0.25, -0.2) is 0 Å². The van der Waals surface area contributed by atoms with Crippen LogP contribution in [0, 0.1) is 5.41 Å². The summed E-state index contributed by atoms with van der Waals surface area (Å²) in [4.78, 5) is 0. The number of halogens is 1. The molecule has 0 radical (unpaired) electrons. The molecular weight excluding hydrogens is 427 g/mol. The van der Waals surface area contributed by atoms with Crippen molar-refractivity contribution >= 4 is 21.6 Å². The number of unbranched alkanes of at least 4 members (excludes halogenated alkanes) is 5. The summed E-state index contributed by atoms with van der Waals surface area (Å²) in [5, 5.41) is 0. The molecule has 2 heteroatoms. The van der Waals surface area contributed by atoms with Crippen molar-refractivity contribution in [2.45, 2.75) is 64.2 Å². The Balaban J connectivity index is 0.00000363. The molecule has 0 aliphatic rings. The third-order valence-electron chi connectivity index (χ3n) is 6.43. The second-order valence-electron chi connectivity index (χ2n) is 9.15. The number of benzene rings is 3. The first-order chi connectivity index (χ1) is 15.3. The lowest BCUT2D eigenvalue weighted by atomic mass is 9.69. The fourth-order valence-corrected chi connectivity index (χ4v) is 5.18. The molecular formula is C30H40ClP. The minimum absolute atomic E-state index is 0. The molecule has 172 valence electrons. The Labute approximate surface area is 204 Å². The molecule has 0 bridgehead atoms. The summed E-state index contributed by atoms with van der Waals surface area (Å²) < 4.78 is 0. The van der Waals surface area contributed by atoms with E-state index in [1.54, 1.807) is 0 Å². The lowest BCUT2D eigenvalue weighted by Crippen LogP contribution is -2.30. The zero-order valence-corrected chi connectivity index (χ0v) is 21.4. The molecule has 0 amide bonds. The highest BCUT2D eigenvalue weighted by atomic mass is 35.5. The molecule has 32 heavy (non-hydrogen) atoms. The van der Waals surface area contributed by atoms with E-state index in [2.05, 4.69) is 100 Å². The van der Waals surface area contributed by atoms with E-state index in [0.29, 0.717) is 0 Å². The molecule has 1 atom stereocenters. The lowest BCUT2D eigenvalue weighted by Gasteiger charge is -2.35. The van der Waals surface area contributed by atoms with Gasteiger partial charge in [-0.3, -0.25) is 0 Å². The molecule has 3 aromatic carbocycles. The standard InChI is InChI=1S/C30H39P.ClH/c31-23-15-4-2-1-3-14-22-30(24-27-16-8-5-9-17-27,25-28-18-10-6-11-19-28)26-29-20-12-7-13-21-29;/h5-13,16-21H,1-4,14-15,22-26,31H2;1H. The maximum atomic E-state index is 2.86. The molecule has 0 aliphatic heterocycles. The molecule has 0 nitrogen and oxygen atoms in total. The molecule has 0 heterocycles. The predicted octanol–water partition coefficient (Wildman–Crippen LogP) is 8.73. The van der Waals surface area contributed by atoms with Crippen LogP contribution in [0.25, 0.3) is 0 Å². The van der Waals surface area contributed by atoms with Crippen molar-refractivity contribution in [1.29, 1.82) is 0 Å². The van der Waals surface area contributed by atoms with Crippen molar-refractivity contribution in [3.8, 4) is 0 Å². The van der Waals surface area contributed by atoms with Gasteiger partial charge in [0.2, 0.25) is 0 Å². The normalized spacial score (nSPS) is 11.2. The first kappa shape index (κ1) is 26.6. The number of hydrogen-bond acceptors (Lipinski definition) is 0. The zero-order chi connectivity index (χ0) is 21.6. The molecule has 0 aromatic heterocycles. The first-order valence-electron chi connectivity index (χ1n) is 12.1. The van der Waals surface area contributed by atoms with E-state index in [9.17, 15) is 0 Å². The van der Waals surface area contributed by atoms with Crippen molar-refractivity contribution in [3.05, 3.63) is 108 Å². The molecule has 1 unspecified atom stereocenters. The topological polar surface area (TPSA) is 0 Å². The van der Waals surface area contributed by atoms with Crippen molar-refractivity contribution in [3.63, 3.8) is 0 Å². The molecule has 0 saturated carbocycles. The van der Waals surface area contributed by atoms with Gasteiger partial charge in [-0.2, -0.15) is 0 Å². The third kappa shape index (κ3) is 9.48. The monoisotopic (exact) mass is 466 g/mol. The second kappa shape index (κ2) is 15.3. The maximum absolute atomic E-state index is 2.86. The highest BCUT2D eigenvalue weighted by Crippen LogP contribution is 2.37. The van der Waals surface area contributed by atoms with Gasteiger partial charge in [0, 0.05) is 0 Å². The van der Waals surface area contributed by atoms with E-state index >= 15 is 0 Å². The Morgan fingerprint density at radius 2 is 0.812 bits per heavy atom. The Bertz CT molecular complexity index is 731. The SMILES string of the molecule is Cl.PCCCCCCCCC(Cc1ccccc1)(Cc1ccccc1)Cc1ccccc1. The van der Waals surface area contributed by atoms with Crippen molar-refractivity contribution in [1.82, 2.24) is 0 Å². The Hall–Kier alpha value is -1.62. The van der Waals surface area contributed by atoms with Crippen LogP contribution in [0.2, 0.25) is 0 Å². The van der Waals surface area contributed by atoms with Crippen molar-refractivity contribution < 1.29 is 0 Å². The van der Waals surface area contributed by atoms with E-state index in [-0.39, 0.29) is 17.8 Å². The third-order valence-corrected chi connectivity index (χ3v) is 6.84. The van der Waals surface area contributed by atoms with Gasteiger partial charge in [0.25, 0.3) is 0 Å². The van der Waals surface area contributed by atoms with Crippen LogP contribution in [-0.2, 0) is 19.3 Å². The second-order valence-corrected chi connectivity index (χ2v) is 9.72. The van der Waals surface area contributed by atoms with Crippen molar-refractivity contribution in [2.75, 3.05) is 6.16 Å². The Kier molecular flexibility index (Phi) is 12.7. The maximum Gasteiger partial charge on any atom is -0.0176 e. The van der Waals surface area contributed by atoms with Gasteiger partial charge in [-0.05, 0) is 60.4 Å². The fourth-order valence-electron chi connectivity index (χ4n) is 4.89. The summed E-state index contributed by atoms with van der Waals surface area (Å²) in [6.45, 7) is 0. The van der Waals surface area contributed by atoms with Crippen LogP contribution >= 0.6 is 21.6 Å². The van der Waals surface area contributed by atoms with Gasteiger partial charge in [0.05, 0.1) is 0 Å². The summed E-state index contributed by atoms with van der Waals surface area (Å²) >= 11 is 0. The first-order valence-corrected chi connectivity index (χ1v) is 12.9. The molecule has 0 fully saturated rings. The van der Waals surface area contributed by atoms with Gasteiger partial charge in [0.1, 0.15) is 0 Å². The Morgan fingerprint density at radius 3 is 1.19 bits per heavy atom. The van der Waals surface area contributed by atoms with Crippen LogP contribution in [0.15, 0.2) is 91.0 Å². The van der Waals surface area contributed by atoms with Gasteiger partial charge < -0.3 is 0 Å². The van der Waals surface area contributed by atoms with E-state index in [1.165, 1.54) is 67.8 Å². The number of hydrogen-bond donors (Lipinski definition) is 0. The molecule has 0 N–H and O–H groups in total. The van der Waals surface area contributed by atoms with Gasteiger partial charge in [0.15, 0.2) is 0 Å². The van der Waals surface area contributed by atoms with E-state index in [0.717, 1.165) is 19.3 Å². The fraction of sp³-hybridized carbons (Fsp3) is 0.400. The van der Waals surface area contributed by atoms with Crippen LogP contribution in [0.3, 0.4) is 0 Å².